The standard InChI is InChI=1S/C20H30O3/c1-11(2)15-8-5-12(3)9-16(15)22-18-17-13-6-7-14(10-13)20(17,4)19(21)23-18/h6-7,11-18H,5,8-10H2,1-4H3/t12-,13+,14-,15+,16-,17-,18+,20-/m1/s1. The van der Waals surface area contributed by atoms with Gasteiger partial charge in [-0.25, -0.2) is 0 Å². The maximum absolute atomic E-state index is 12.6. The highest BCUT2D eigenvalue weighted by Crippen LogP contribution is 2.62. The molecular formula is C20H30O3. The molecule has 4 rings (SSSR count). The third-order valence-electron chi connectivity index (χ3n) is 7.27. The molecule has 3 nitrogen and oxygen atoms in total. The maximum Gasteiger partial charge on any atom is 0.315 e. The second-order valence-electron chi connectivity index (χ2n) is 8.97. The molecule has 1 saturated heterocycles. The molecule has 2 saturated carbocycles. The first-order chi connectivity index (χ1) is 10.9. The van der Waals surface area contributed by atoms with Crippen LogP contribution in [0.1, 0.15) is 53.4 Å². The molecule has 3 fully saturated rings. The molecule has 23 heavy (non-hydrogen) atoms. The van der Waals surface area contributed by atoms with Crippen LogP contribution in [0.4, 0.5) is 0 Å². The van der Waals surface area contributed by atoms with E-state index in [1.165, 1.54) is 12.8 Å². The van der Waals surface area contributed by atoms with Crippen molar-refractivity contribution >= 4 is 5.97 Å². The summed E-state index contributed by atoms with van der Waals surface area (Å²) in [5.74, 6) is 2.91. The monoisotopic (exact) mass is 318 g/mol. The Labute approximate surface area is 139 Å². The van der Waals surface area contributed by atoms with E-state index in [9.17, 15) is 4.79 Å². The van der Waals surface area contributed by atoms with Crippen molar-refractivity contribution in [1.29, 1.82) is 0 Å². The van der Waals surface area contributed by atoms with Crippen molar-refractivity contribution in [2.24, 2.45) is 40.9 Å². The number of hydrogen-bond donors (Lipinski definition) is 0. The predicted molar refractivity (Wildman–Crippen MR) is 88.4 cm³/mol. The topological polar surface area (TPSA) is 35.5 Å². The van der Waals surface area contributed by atoms with E-state index in [4.69, 9.17) is 9.47 Å². The Bertz CT molecular complexity index is 525. The fourth-order valence-corrected chi connectivity index (χ4v) is 5.76. The van der Waals surface area contributed by atoms with Gasteiger partial charge in [-0.2, -0.15) is 0 Å². The molecule has 2 bridgehead atoms. The zero-order valence-electron chi connectivity index (χ0n) is 14.8. The molecule has 0 aromatic rings. The van der Waals surface area contributed by atoms with Crippen LogP contribution in [0.3, 0.4) is 0 Å². The van der Waals surface area contributed by atoms with Crippen LogP contribution in [0.25, 0.3) is 0 Å². The lowest BCUT2D eigenvalue weighted by Gasteiger charge is -2.39. The zero-order chi connectivity index (χ0) is 16.4. The van der Waals surface area contributed by atoms with E-state index in [2.05, 4.69) is 39.8 Å². The lowest BCUT2D eigenvalue weighted by atomic mass is 9.71. The molecule has 0 aromatic heterocycles. The molecule has 1 aliphatic heterocycles. The predicted octanol–water partition coefficient (Wildman–Crippen LogP) is 4.18. The van der Waals surface area contributed by atoms with Crippen LogP contribution in [0.5, 0.6) is 0 Å². The minimum absolute atomic E-state index is 0.0331. The normalized spacial score (nSPS) is 51.3. The number of fused-ring (bicyclic) bond motifs is 5. The Morgan fingerprint density at radius 3 is 2.78 bits per heavy atom. The highest BCUT2D eigenvalue weighted by atomic mass is 16.7. The molecule has 0 N–H and O–H groups in total. The van der Waals surface area contributed by atoms with Crippen LogP contribution >= 0.6 is 0 Å². The largest absolute Gasteiger partial charge is 0.435 e. The number of esters is 1. The van der Waals surface area contributed by atoms with Crippen LogP contribution in [0.15, 0.2) is 12.2 Å². The van der Waals surface area contributed by atoms with Crippen molar-refractivity contribution in [2.75, 3.05) is 0 Å². The number of rotatable bonds is 3. The highest BCUT2D eigenvalue weighted by Gasteiger charge is 2.66. The molecule has 3 heteroatoms. The summed E-state index contributed by atoms with van der Waals surface area (Å²) in [7, 11) is 0. The van der Waals surface area contributed by atoms with E-state index in [-0.39, 0.29) is 29.7 Å². The van der Waals surface area contributed by atoms with Crippen LogP contribution in [0.2, 0.25) is 0 Å². The summed E-state index contributed by atoms with van der Waals surface area (Å²) in [4.78, 5) is 12.6. The van der Waals surface area contributed by atoms with Crippen molar-refractivity contribution in [2.45, 2.75) is 65.8 Å². The van der Waals surface area contributed by atoms with Gasteiger partial charge in [0.25, 0.3) is 0 Å². The van der Waals surface area contributed by atoms with E-state index in [0.29, 0.717) is 29.6 Å². The van der Waals surface area contributed by atoms with Crippen molar-refractivity contribution in [3.05, 3.63) is 12.2 Å². The summed E-state index contributed by atoms with van der Waals surface area (Å²) in [6, 6.07) is 0. The van der Waals surface area contributed by atoms with Gasteiger partial charge in [0, 0.05) is 5.92 Å². The summed E-state index contributed by atoms with van der Waals surface area (Å²) in [6.07, 6.45) is 9.16. The molecule has 0 unspecified atom stereocenters. The lowest BCUT2D eigenvalue weighted by molar-refractivity contribution is -0.198. The van der Waals surface area contributed by atoms with Crippen molar-refractivity contribution in [3.8, 4) is 0 Å². The summed E-state index contributed by atoms with van der Waals surface area (Å²) < 4.78 is 12.3. The fourth-order valence-electron chi connectivity index (χ4n) is 5.76. The van der Waals surface area contributed by atoms with Gasteiger partial charge in [-0.3, -0.25) is 4.79 Å². The third-order valence-corrected chi connectivity index (χ3v) is 7.27. The Morgan fingerprint density at radius 1 is 1.26 bits per heavy atom. The fraction of sp³-hybridized carbons (Fsp3) is 0.850. The van der Waals surface area contributed by atoms with Crippen LogP contribution in [-0.4, -0.2) is 18.4 Å². The molecule has 0 spiro atoms. The smallest absolute Gasteiger partial charge is 0.315 e. The summed E-state index contributed by atoms with van der Waals surface area (Å²) in [6.45, 7) is 9.00. The van der Waals surface area contributed by atoms with Crippen LogP contribution in [-0.2, 0) is 14.3 Å². The van der Waals surface area contributed by atoms with Gasteiger partial charge in [0.2, 0.25) is 6.29 Å². The summed E-state index contributed by atoms with van der Waals surface area (Å²) in [5, 5.41) is 0. The van der Waals surface area contributed by atoms with E-state index >= 15 is 0 Å². The minimum Gasteiger partial charge on any atom is -0.435 e. The number of carbonyl (C=O) groups excluding carboxylic acids is 1. The Kier molecular flexibility index (Phi) is 3.64. The number of carbonyl (C=O) groups is 1. The van der Waals surface area contributed by atoms with Crippen molar-refractivity contribution < 1.29 is 14.3 Å². The molecule has 3 aliphatic carbocycles. The van der Waals surface area contributed by atoms with Crippen molar-refractivity contribution in [3.63, 3.8) is 0 Å². The van der Waals surface area contributed by atoms with Gasteiger partial charge in [-0.1, -0.05) is 39.3 Å². The van der Waals surface area contributed by atoms with Gasteiger partial charge >= 0.3 is 5.97 Å². The first-order valence-electron chi connectivity index (χ1n) is 9.46. The average Bonchev–Trinajstić information content (AvgIpc) is 3.12. The van der Waals surface area contributed by atoms with E-state index in [1.54, 1.807) is 0 Å². The third kappa shape index (κ3) is 2.22. The molecule has 0 aromatic carbocycles. The molecule has 0 radical (unpaired) electrons. The van der Waals surface area contributed by atoms with Gasteiger partial charge in [-0.05, 0) is 55.8 Å². The molecule has 1 heterocycles. The number of allylic oxidation sites excluding steroid dienone is 2. The Balaban J connectivity index is 1.54. The number of cyclic esters (lactones) is 1. The SMILES string of the molecule is CC(C)[C@@H]1CC[C@@H](C)C[C@H]1O[C@H]1OC(=O)[C@@]2(C)[C@@H]1[C@H]1C=C[C@@H]2C1. The number of hydrogen-bond acceptors (Lipinski definition) is 3. The van der Waals surface area contributed by atoms with Gasteiger partial charge < -0.3 is 9.47 Å². The average molecular weight is 318 g/mol. The molecule has 0 amide bonds. The Morgan fingerprint density at radius 2 is 2.04 bits per heavy atom. The number of ether oxygens (including phenoxy) is 2. The van der Waals surface area contributed by atoms with E-state index in [1.807, 2.05) is 0 Å². The van der Waals surface area contributed by atoms with Crippen LogP contribution in [0, 0.1) is 40.9 Å². The highest BCUT2D eigenvalue weighted by molar-refractivity contribution is 5.81. The second-order valence-corrected chi connectivity index (χ2v) is 8.97. The first kappa shape index (κ1) is 15.7. The van der Waals surface area contributed by atoms with Gasteiger partial charge in [-0.15, -0.1) is 0 Å². The molecular weight excluding hydrogens is 288 g/mol. The summed E-state index contributed by atoms with van der Waals surface area (Å²) in [5.41, 5.74) is -0.350. The second kappa shape index (κ2) is 5.34. The molecule has 4 aliphatic rings. The molecule has 128 valence electrons. The van der Waals surface area contributed by atoms with Gasteiger partial charge in [0.1, 0.15) is 0 Å². The minimum atomic E-state index is -0.350. The van der Waals surface area contributed by atoms with Crippen molar-refractivity contribution in [1.82, 2.24) is 0 Å². The molecule has 8 atom stereocenters. The zero-order valence-corrected chi connectivity index (χ0v) is 14.8. The Hall–Kier alpha value is -0.830. The van der Waals surface area contributed by atoms with Gasteiger partial charge in [0.05, 0.1) is 11.5 Å². The maximum atomic E-state index is 12.6. The lowest BCUT2D eigenvalue weighted by Crippen LogP contribution is -2.41. The summed E-state index contributed by atoms with van der Waals surface area (Å²) >= 11 is 0. The van der Waals surface area contributed by atoms with Gasteiger partial charge in [0.15, 0.2) is 0 Å². The first-order valence-corrected chi connectivity index (χ1v) is 9.46. The van der Waals surface area contributed by atoms with Crippen LogP contribution < -0.4 is 0 Å². The van der Waals surface area contributed by atoms with E-state index < -0.39 is 0 Å². The van der Waals surface area contributed by atoms with E-state index in [0.717, 1.165) is 12.8 Å². The quantitative estimate of drug-likeness (QED) is 0.578.